The largest absolute Gasteiger partial charge is 0.392 e. The van der Waals surface area contributed by atoms with Crippen molar-refractivity contribution in [3.63, 3.8) is 0 Å². The lowest BCUT2D eigenvalue weighted by Crippen LogP contribution is -2.49. The van der Waals surface area contributed by atoms with Crippen LogP contribution >= 0.6 is 15.9 Å². The molecule has 2 heterocycles. The molecule has 3 rings (SSSR count). The molecule has 7 heteroatoms. The van der Waals surface area contributed by atoms with Crippen LogP contribution in [0.4, 0.5) is 4.39 Å². The van der Waals surface area contributed by atoms with Crippen LogP contribution in [0.25, 0.3) is 0 Å². The molecular formula is C17H18BrFN2O3. The number of benzene rings is 1. The van der Waals surface area contributed by atoms with E-state index in [1.54, 1.807) is 24.1 Å². The number of nitrogens with zero attached hydrogens (tertiary/aromatic N) is 2. The summed E-state index contributed by atoms with van der Waals surface area (Å²) in [6.07, 6.45) is 1.87. The summed E-state index contributed by atoms with van der Waals surface area (Å²) >= 11 is 3.39. The Morgan fingerprint density at radius 2 is 2.17 bits per heavy atom. The molecule has 0 saturated carbocycles. The van der Waals surface area contributed by atoms with Crippen LogP contribution in [0.3, 0.4) is 0 Å². The summed E-state index contributed by atoms with van der Waals surface area (Å²) in [6.45, 7) is 1.01. The SMILES string of the molecule is COC[C@H]1Cn2cc(Br)cc2C(=O)N1Cc1cc(F)ccc1CO. The lowest BCUT2D eigenvalue weighted by Gasteiger charge is -2.36. The van der Waals surface area contributed by atoms with Crippen molar-refractivity contribution in [2.24, 2.45) is 0 Å². The van der Waals surface area contributed by atoms with Crippen molar-refractivity contribution in [1.82, 2.24) is 9.47 Å². The van der Waals surface area contributed by atoms with Crippen LogP contribution in [-0.2, 0) is 24.4 Å². The van der Waals surface area contributed by atoms with Gasteiger partial charge in [-0.15, -0.1) is 0 Å². The van der Waals surface area contributed by atoms with Gasteiger partial charge in [-0.1, -0.05) is 6.07 Å². The Bertz CT molecular complexity index is 762. The molecule has 0 saturated heterocycles. The van der Waals surface area contributed by atoms with Crippen LogP contribution in [0, 0.1) is 5.82 Å². The fraction of sp³-hybridized carbons (Fsp3) is 0.353. The average molecular weight is 397 g/mol. The molecule has 1 aliphatic rings. The number of hydrogen-bond donors (Lipinski definition) is 1. The summed E-state index contributed by atoms with van der Waals surface area (Å²) in [5.74, 6) is -0.525. The minimum Gasteiger partial charge on any atom is -0.392 e. The zero-order chi connectivity index (χ0) is 17.3. The van der Waals surface area contributed by atoms with Gasteiger partial charge in [-0.25, -0.2) is 4.39 Å². The summed E-state index contributed by atoms with van der Waals surface area (Å²) in [5, 5.41) is 9.47. The van der Waals surface area contributed by atoms with Gasteiger partial charge in [0.2, 0.25) is 0 Å². The second-order valence-corrected chi connectivity index (χ2v) is 6.72. The molecule has 5 nitrogen and oxygen atoms in total. The zero-order valence-electron chi connectivity index (χ0n) is 13.2. The number of rotatable bonds is 5. The summed E-state index contributed by atoms with van der Waals surface area (Å²) in [5.41, 5.74) is 1.80. The molecule has 0 bridgehead atoms. The number of ether oxygens (including phenoxy) is 1. The third-order valence-electron chi connectivity index (χ3n) is 4.23. The molecule has 0 aliphatic carbocycles. The van der Waals surface area contributed by atoms with E-state index in [4.69, 9.17) is 4.74 Å². The van der Waals surface area contributed by atoms with Crippen LogP contribution in [0.1, 0.15) is 21.6 Å². The standard InChI is InChI=1S/C17H18BrFN2O3/c1-24-10-15-8-20-7-13(18)5-16(20)17(23)21(15)6-12-4-14(19)3-2-11(12)9-22/h2-5,7,15,22H,6,8-10H2,1H3/t15-/m1/s1. The molecule has 1 aliphatic heterocycles. The van der Waals surface area contributed by atoms with Gasteiger partial charge < -0.3 is 19.3 Å². The predicted octanol–water partition coefficient (Wildman–Crippen LogP) is 2.55. The Morgan fingerprint density at radius 1 is 1.38 bits per heavy atom. The quantitative estimate of drug-likeness (QED) is 0.844. The van der Waals surface area contributed by atoms with Crippen molar-refractivity contribution in [2.75, 3.05) is 13.7 Å². The smallest absolute Gasteiger partial charge is 0.271 e. The maximum absolute atomic E-state index is 13.6. The van der Waals surface area contributed by atoms with Crippen LogP contribution in [0.2, 0.25) is 0 Å². The van der Waals surface area contributed by atoms with E-state index in [1.165, 1.54) is 12.1 Å². The molecule has 0 radical (unpaired) electrons. The van der Waals surface area contributed by atoms with Gasteiger partial charge in [0.25, 0.3) is 5.91 Å². The maximum Gasteiger partial charge on any atom is 0.271 e. The lowest BCUT2D eigenvalue weighted by molar-refractivity contribution is 0.0386. The van der Waals surface area contributed by atoms with Crippen LogP contribution in [-0.4, -0.2) is 40.2 Å². The average Bonchev–Trinajstić information content (AvgIpc) is 2.92. The van der Waals surface area contributed by atoms with Crippen molar-refractivity contribution in [2.45, 2.75) is 25.7 Å². The number of carbonyl (C=O) groups excluding carboxylic acids is 1. The van der Waals surface area contributed by atoms with E-state index < -0.39 is 0 Å². The molecule has 1 aromatic carbocycles. The molecule has 2 aromatic rings. The predicted molar refractivity (Wildman–Crippen MR) is 90.0 cm³/mol. The normalized spacial score (nSPS) is 17.2. The number of aromatic nitrogens is 1. The number of hydrogen-bond acceptors (Lipinski definition) is 3. The first kappa shape index (κ1) is 17.1. The highest BCUT2D eigenvalue weighted by atomic mass is 79.9. The molecule has 0 unspecified atom stereocenters. The van der Waals surface area contributed by atoms with Crippen LogP contribution in [0.5, 0.6) is 0 Å². The lowest BCUT2D eigenvalue weighted by atomic mass is 10.0. The van der Waals surface area contributed by atoms with Crippen LogP contribution < -0.4 is 0 Å². The minimum atomic E-state index is -0.388. The first-order chi connectivity index (χ1) is 11.5. The Balaban J connectivity index is 1.95. The van der Waals surface area contributed by atoms with Crippen molar-refractivity contribution in [3.05, 3.63) is 57.6 Å². The van der Waals surface area contributed by atoms with Crippen LogP contribution in [0.15, 0.2) is 34.9 Å². The van der Waals surface area contributed by atoms with Gasteiger partial charge >= 0.3 is 0 Å². The van der Waals surface area contributed by atoms with E-state index in [-0.39, 0.29) is 30.9 Å². The molecule has 0 fully saturated rings. The van der Waals surface area contributed by atoms with E-state index in [0.717, 1.165) is 4.47 Å². The van der Waals surface area contributed by atoms with Crippen molar-refractivity contribution >= 4 is 21.8 Å². The summed E-state index contributed by atoms with van der Waals surface area (Å²) < 4.78 is 21.6. The van der Waals surface area contributed by atoms with Crippen molar-refractivity contribution < 1.29 is 19.0 Å². The van der Waals surface area contributed by atoms with Gasteiger partial charge in [0.1, 0.15) is 11.5 Å². The Morgan fingerprint density at radius 3 is 2.88 bits per heavy atom. The molecule has 1 amide bonds. The Hall–Kier alpha value is -1.70. The first-order valence-corrected chi connectivity index (χ1v) is 8.36. The number of carbonyl (C=O) groups is 1. The molecule has 1 atom stereocenters. The van der Waals surface area contributed by atoms with E-state index in [1.807, 2.05) is 10.8 Å². The Labute approximate surface area is 147 Å². The van der Waals surface area contributed by atoms with Gasteiger partial charge in [-0.05, 0) is 45.3 Å². The Kier molecular flexibility index (Phi) is 5.03. The highest BCUT2D eigenvalue weighted by molar-refractivity contribution is 9.10. The van der Waals surface area contributed by atoms with Crippen molar-refractivity contribution in [3.8, 4) is 0 Å². The second kappa shape index (κ2) is 7.04. The third kappa shape index (κ3) is 3.24. The highest BCUT2D eigenvalue weighted by Crippen LogP contribution is 2.26. The van der Waals surface area contributed by atoms with E-state index in [9.17, 15) is 14.3 Å². The summed E-state index contributed by atoms with van der Waals surface area (Å²) in [6, 6.07) is 5.83. The number of methoxy groups -OCH3 is 1. The molecule has 128 valence electrons. The van der Waals surface area contributed by atoms with E-state index in [0.29, 0.717) is 30.0 Å². The van der Waals surface area contributed by atoms with Gasteiger partial charge in [-0.2, -0.15) is 0 Å². The van der Waals surface area contributed by atoms with Crippen molar-refractivity contribution in [1.29, 1.82) is 0 Å². The van der Waals surface area contributed by atoms with Gasteiger partial charge in [0.05, 0.1) is 19.3 Å². The van der Waals surface area contributed by atoms with E-state index >= 15 is 0 Å². The zero-order valence-corrected chi connectivity index (χ0v) is 14.8. The minimum absolute atomic E-state index is 0.137. The maximum atomic E-state index is 13.6. The number of aliphatic hydroxyl groups is 1. The summed E-state index contributed by atoms with van der Waals surface area (Å²) in [7, 11) is 1.59. The van der Waals surface area contributed by atoms with E-state index in [2.05, 4.69) is 15.9 Å². The topological polar surface area (TPSA) is 54.7 Å². The number of halogens is 2. The first-order valence-electron chi connectivity index (χ1n) is 7.57. The number of fused-ring (bicyclic) bond motifs is 1. The second-order valence-electron chi connectivity index (χ2n) is 5.81. The molecule has 1 aromatic heterocycles. The fourth-order valence-electron chi connectivity index (χ4n) is 3.06. The molecule has 1 N–H and O–H groups in total. The highest BCUT2D eigenvalue weighted by Gasteiger charge is 2.33. The van der Waals surface area contributed by atoms with Gasteiger partial charge in [0.15, 0.2) is 0 Å². The molecule has 0 spiro atoms. The van der Waals surface area contributed by atoms with Gasteiger partial charge in [0, 0.05) is 30.9 Å². The van der Waals surface area contributed by atoms with Gasteiger partial charge in [-0.3, -0.25) is 4.79 Å². The number of amides is 1. The fourth-order valence-corrected chi connectivity index (χ4v) is 3.52. The molecular weight excluding hydrogens is 379 g/mol. The third-order valence-corrected chi connectivity index (χ3v) is 4.66. The molecule has 24 heavy (non-hydrogen) atoms. The number of aliphatic hydroxyl groups excluding tert-OH is 1. The monoisotopic (exact) mass is 396 g/mol. The summed E-state index contributed by atoms with van der Waals surface area (Å²) in [4.78, 5) is 14.6.